The molecule has 1 saturated carbocycles. The van der Waals surface area contributed by atoms with Crippen molar-refractivity contribution in [1.29, 1.82) is 0 Å². The Balaban J connectivity index is 1.75. The second-order valence-corrected chi connectivity index (χ2v) is 8.30. The van der Waals surface area contributed by atoms with E-state index in [1.54, 1.807) is 20.3 Å². The van der Waals surface area contributed by atoms with Crippen LogP contribution in [-0.2, 0) is 19.1 Å². The first kappa shape index (κ1) is 17.2. The molecule has 0 N–H and O–H groups in total. The van der Waals surface area contributed by atoms with Gasteiger partial charge >= 0.3 is 0 Å². The minimum Gasteiger partial charge on any atom is -0.496 e. The number of hydrogen-bond acceptors (Lipinski definition) is 5. The summed E-state index contributed by atoms with van der Waals surface area (Å²) in [7, 11) is 3.21. The van der Waals surface area contributed by atoms with E-state index in [2.05, 4.69) is 15.9 Å². The molecule has 0 radical (unpaired) electrons. The molecule has 0 amide bonds. The van der Waals surface area contributed by atoms with Crippen molar-refractivity contribution in [2.24, 2.45) is 17.3 Å². The van der Waals surface area contributed by atoms with Crippen LogP contribution in [0.3, 0.4) is 0 Å². The van der Waals surface area contributed by atoms with E-state index in [0.717, 1.165) is 10.9 Å². The average molecular weight is 409 g/mol. The number of halogens is 1. The fraction of sp³-hybridized carbons (Fsp3) is 0.579. The first-order chi connectivity index (χ1) is 11.9. The maximum absolute atomic E-state index is 13.3. The number of rotatable bonds is 4. The Morgan fingerprint density at radius 1 is 1.32 bits per heavy atom. The largest absolute Gasteiger partial charge is 0.496 e. The summed E-state index contributed by atoms with van der Waals surface area (Å²) >= 11 is 3.41. The standard InChI is InChI=1S/C19H21BrO5/c1-19-13-6-9(8-23-2)17(25-13)15(19)16(21)14(18(19)22)11-5-4-10(20)7-12(11)24-3/h4-5,7,9,13-15,17H,6,8H2,1-3H3/t9-,13+,14?,15-,17-,19+/m1/s1. The average Bonchev–Trinajstić information content (AvgIpc) is 3.18. The van der Waals surface area contributed by atoms with E-state index in [-0.39, 0.29) is 29.7 Å². The van der Waals surface area contributed by atoms with Crippen LogP contribution < -0.4 is 4.74 Å². The third-order valence-corrected chi connectivity index (χ3v) is 6.71. The summed E-state index contributed by atoms with van der Waals surface area (Å²) in [5.74, 6) is -0.500. The predicted molar refractivity (Wildman–Crippen MR) is 93.7 cm³/mol. The molecule has 2 aliphatic heterocycles. The molecule has 0 aromatic heterocycles. The summed E-state index contributed by atoms with van der Waals surface area (Å²) in [4.78, 5) is 26.6. The van der Waals surface area contributed by atoms with Crippen LogP contribution in [-0.4, -0.2) is 44.6 Å². The number of hydrogen-bond donors (Lipinski definition) is 0. The topological polar surface area (TPSA) is 61.8 Å². The third-order valence-electron chi connectivity index (χ3n) is 6.22. The number of carbonyl (C=O) groups is 2. The SMILES string of the molecule is COC[C@H]1C[C@@H]2O[C@H]1[C@H]1C(=O)C(c3ccc(Br)cc3OC)C(=O)[C@@]21C. The maximum Gasteiger partial charge on any atom is 0.157 e. The Morgan fingerprint density at radius 3 is 2.76 bits per heavy atom. The van der Waals surface area contributed by atoms with Gasteiger partial charge in [0.2, 0.25) is 0 Å². The summed E-state index contributed by atoms with van der Waals surface area (Å²) in [6.45, 7) is 2.46. The molecule has 1 aromatic rings. The van der Waals surface area contributed by atoms with Crippen molar-refractivity contribution < 1.29 is 23.8 Å². The highest BCUT2D eigenvalue weighted by atomic mass is 79.9. The number of Topliss-reactive ketones (excluding diaryl/α,β-unsaturated/α-hetero) is 2. The van der Waals surface area contributed by atoms with Gasteiger partial charge in [0.1, 0.15) is 11.7 Å². The van der Waals surface area contributed by atoms with E-state index in [1.165, 1.54) is 0 Å². The molecule has 0 spiro atoms. The van der Waals surface area contributed by atoms with E-state index in [1.807, 2.05) is 19.1 Å². The number of fused-ring (bicyclic) bond motifs is 5. The lowest BCUT2D eigenvalue weighted by Gasteiger charge is -2.33. The van der Waals surface area contributed by atoms with Crippen LogP contribution in [0.15, 0.2) is 22.7 Å². The van der Waals surface area contributed by atoms with Gasteiger partial charge in [0, 0.05) is 23.1 Å². The molecular formula is C19H21BrO5. The third kappa shape index (κ3) is 2.20. The molecule has 134 valence electrons. The van der Waals surface area contributed by atoms with Gasteiger partial charge in [0.05, 0.1) is 37.3 Å². The van der Waals surface area contributed by atoms with E-state index in [9.17, 15) is 9.59 Å². The van der Waals surface area contributed by atoms with Crippen LogP contribution in [0.5, 0.6) is 5.75 Å². The molecule has 2 heterocycles. The molecule has 4 rings (SSSR count). The summed E-state index contributed by atoms with van der Waals surface area (Å²) in [6, 6.07) is 5.45. The van der Waals surface area contributed by atoms with Crippen LogP contribution in [0.25, 0.3) is 0 Å². The lowest BCUT2D eigenvalue weighted by Crippen LogP contribution is -2.44. The van der Waals surface area contributed by atoms with E-state index >= 15 is 0 Å². The van der Waals surface area contributed by atoms with Gasteiger partial charge in [-0.1, -0.05) is 22.0 Å². The van der Waals surface area contributed by atoms with Crippen molar-refractivity contribution in [2.75, 3.05) is 20.8 Å². The van der Waals surface area contributed by atoms with Crippen LogP contribution in [0, 0.1) is 17.3 Å². The van der Waals surface area contributed by atoms with Crippen molar-refractivity contribution in [2.45, 2.75) is 31.5 Å². The lowest BCUT2D eigenvalue weighted by molar-refractivity contribution is -0.130. The van der Waals surface area contributed by atoms with Crippen molar-refractivity contribution >= 4 is 27.5 Å². The Kier molecular flexibility index (Phi) is 4.05. The molecule has 1 aromatic carbocycles. The Bertz CT molecular complexity index is 747. The van der Waals surface area contributed by atoms with Gasteiger partial charge in [-0.3, -0.25) is 9.59 Å². The Labute approximate surface area is 155 Å². The fourth-order valence-electron chi connectivity index (χ4n) is 5.03. The molecule has 2 bridgehead atoms. The van der Waals surface area contributed by atoms with Crippen molar-refractivity contribution in [3.8, 4) is 5.75 Å². The summed E-state index contributed by atoms with van der Waals surface area (Å²) in [5, 5.41) is 0. The molecule has 6 heteroatoms. The number of carbonyl (C=O) groups excluding carboxylic acids is 2. The van der Waals surface area contributed by atoms with Gasteiger partial charge in [0.15, 0.2) is 11.6 Å². The zero-order chi connectivity index (χ0) is 17.9. The van der Waals surface area contributed by atoms with Crippen LogP contribution in [0.4, 0.5) is 0 Å². The molecule has 5 nitrogen and oxygen atoms in total. The lowest BCUT2D eigenvalue weighted by atomic mass is 9.65. The Morgan fingerprint density at radius 2 is 2.08 bits per heavy atom. The van der Waals surface area contributed by atoms with Crippen LogP contribution in [0.1, 0.15) is 24.8 Å². The summed E-state index contributed by atoms with van der Waals surface area (Å²) in [6.07, 6.45) is 0.345. The smallest absolute Gasteiger partial charge is 0.157 e. The molecule has 1 unspecified atom stereocenters. The van der Waals surface area contributed by atoms with Crippen molar-refractivity contribution in [3.63, 3.8) is 0 Å². The highest BCUT2D eigenvalue weighted by Gasteiger charge is 2.72. The second kappa shape index (κ2) is 5.89. The zero-order valence-corrected chi connectivity index (χ0v) is 16.0. The van der Waals surface area contributed by atoms with Gasteiger partial charge in [-0.2, -0.15) is 0 Å². The monoisotopic (exact) mass is 408 g/mol. The number of ether oxygens (including phenoxy) is 3. The number of ketones is 2. The van der Waals surface area contributed by atoms with Crippen LogP contribution >= 0.6 is 15.9 Å². The van der Waals surface area contributed by atoms with Gasteiger partial charge in [0.25, 0.3) is 0 Å². The summed E-state index contributed by atoms with van der Waals surface area (Å²) in [5.41, 5.74) is -0.0895. The number of methoxy groups -OCH3 is 2. The van der Waals surface area contributed by atoms with Gasteiger partial charge in [-0.25, -0.2) is 0 Å². The molecular weight excluding hydrogens is 388 g/mol. The first-order valence-electron chi connectivity index (χ1n) is 8.49. The van der Waals surface area contributed by atoms with Crippen LogP contribution in [0.2, 0.25) is 0 Å². The number of benzene rings is 1. The van der Waals surface area contributed by atoms with Gasteiger partial charge in [-0.05, 0) is 25.5 Å². The van der Waals surface area contributed by atoms with Gasteiger partial charge in [-0.15, -0.1) is 0 Å². The first-order valence-corrected chi connectivity index (χ1v) is 9.28. The molecule has 1 aliphatic carbocycles. The van der Waals surface area contributed by atoms with E-state index in [0.29, 0.717) is 17.9 Å². The molecule has 25 heavy (non-hydrogen) atoms. The minimum absolute atomic E-state index is 0.0357. The molecule has 6 atom stereocenters. The molecule has 3 aliphatic rings. The van der Waals surface area contributed by atoms with E-state index in [4.69, 9.17) is 14.2 Å². The van der Waals surface area contributed by atoms with Crippen molar-refractivity contribution in [3.05, 3.63) is 28.2 Å². The minimum atomic E-state index is -0.770. The normalized spacial score (nSPS) is 39.1. The fourth-order valence-corrected chi connectivity index (χ4v) is 5.37. The highest BCUT2D eigenvalue weighted by molar-refractivity contribution is 9.10. The highest BCUT2D eigenvalue weighted by Crippen LogP contribution is 2.61. The quantitative estimate of drug-likeness (QED) is 0.716. The Hall–Kier alpha value is -1.24. The second-order valence-electron chi connectivity index (χ2n) is 7.39. The maximum atomic E-state index is 13.3. The van der Waals surface area contributed by atoms with Crippen molar-refractivity contribution in [1.82, 2.24) is 0 Å². The molecule has 3 fully saturated rings. The van der Waals surface area contributed by atoms with E-state index < -0.39 is 17.3 Å². The summed E-state index contributed by atoms with van der Waals surface area (Å²) < 4.78 is 17.6. The van der Waals surface area contributed by atoms with Gasteiger partial charge < -0.3 is 14.2 Å². The predicted octanol–water partition coefficient (Wildman–Crippen LogP) is 2.75. The molecule has 2 saturated heterocycles. The zero-order valence-electron chi connectivity index (χ0n) is 14.5.